The molecule has 1 fully saturated rings. The van der Waals surface area contributed by atoms with Crippen LogP contribution in [0.25, 0.3) is 22.3 Å². The van der Waals surface area contributed by atoms with Crippen molar-refractivity contribution in [1.29, 1.82) is 0 Å². The second-order valence-corrected chi connectivity index (χ2v) is 11.3. The highest BCUT2D eigenvalue weighted by atomic mass is 16.6. The molecule has 6 rings (SSSR count). The Morgan fingerprint density at radius 1 is 1.00 bits per heavy atom. The van der Waals surface area contributed by atoms with Crippen LogP contribution in [-0.4, -0.2) is 81.0 Å². The van der Waals surface area contributed by atoms with E-state index in [1.54, 1.807) is 30.7 Å². The maximum atomic E-state index is 12.9. The Balaban J connectivity index is 0.947. The summed E-state index contributed by atoms with van der Waals surface area (Å²) in [4.78, 5) is 44.8. The van der Waals surface area contributed by atoms with Crippen molar-refractivity contribution in [3.05, 3.63) is 107 Å². The molecule has 1 atom stereocenters. The molecular weight excluding hydrogens is 584 g/mol. The van der Waals surface area contributed by atoms with Gasteiger partial charge in [0.2, 0.25) is 5.91 Å². The molecular formula is C33H36N10O3. The van der Waals surface area contributed by atoms with Crippen molar-refractivity contribution in [3.63, 3.8) is 0 Å². The van der Waals surface area contributed by atoms with Crippen LogP contribution in [0.4, 0.5) is 17.1 Å². The maximum Gasteiger partial charge on any atom is 0.269 e. The molecule has 5 aromatic rings. The van der Waals surface area contributed by atoms with E-state index in [2.05, 4.69) is 40.4 Å². The average Bonchev–Trinajstić information content (AvgIpc) is 3.56. The predicted molar refractivity (Wildman–Crippen MR) is 177 cm³/mol. The van der Waals surface area contributed by atoms with Crippen LogP contribution in [0.3, 0.4) is 0 Å². The molecule has 1 amide bonds. The molecule has 0 unspecified atom stereocenters. The number of hydrogen-bond acceptors (Lipinski definition) is 10. The first-order chi connectivity index (χ1) is 22.4. The molecule has 2 aromatic carbocycles. The van der Waals surface area contributed by atoms with E-state index in [4.69, 9.17) is 5.73 Å². The minimum absolute atomic E-state index is 0.111. The van der Waals surface area contributed by atoms with E-state index in [0.717, 1.165) is 72.8 Å². The summed E-state index contributed by atoms with van der Waals surface area (Å²) >= 11 is 0. The number of aromatic amines is 1. The largest absolute Gasteiger partial charge is 0.369 e. The van der Waals surface area contributed by atoms with Crippen LogP contribution in [0.5, 0.6) is 0 Å². The molecule has 0 bridgehead atoms. The quantitative estimate of drug-likeness (QED) is 0.0921. The lowest BCUT2D eigenvalue weighted by Crippen LogP contribution is -2.48. The third-order valence-corrected chi connectivity index (χ3v) is 8.09. The van der Waals surface area contributed by atoms with Crippen LogP contribution in [0.1, 0.15) is 11.4 Å². The van der Waals surface area contributed by atoms with Crippen LogP contribution in [0.2, 0.25) is 0 Å². The van der Waals surface area contributed by atoms with Gasteiger partial charge in [0.15, 0.2) is 0 Å². The van der Waals surface area contributed by atoms with Crippen molar-refractivity contribution in [1.82, 2.24) is 30.2 Å². The summed E-state index contributed by atoms with van der Waals surface area (Å²) in [5.74, 6) is 0.397. The highest BCUT2D eigenvalue weighted by molar-refractivity contribution is 6.02. The van der Waals surface area contributed by atoms with Crippen molar-refractivity contribution in [2.24, 2.45) is 5.73 Å². The number of pyridine rings is 2. The number of fused-ring (bicyclic) bond motifs is 1. The number of rotatable bonds is 12. The van der Waals surface area contributed by atoms with Crippen LogP contribution < -0.4 is 21.3 Å². The molecule has 5 N–H and O–H groups in total. The SMILES string of the molecule is N[C@@H](Cc1cnc(-c2ccnc(CNCCN3CCN(c4ccc([N+](=O)[O-])cc4)CC3)c2)[nH]1)C(=O)Nc1cccc2cccnc12. The standard InChI is InChI=1S/C33H36N10O3/c34-29(33(44)40-30-5-1-3-23-4-2-11-37-31(23)30)20-26-22-38-32(39-26)24-10-12-36-25(19-24)21-35-13-14-41-15-17-42(18-16-41)27-6-8-28(9-7-27)43(45)46/h1-12,19,22,29,35H,13-18,20-21,34H2,(H,38,39)(H,40,44)/t29-/m0/s1. The first-order valence-electron chi connectivity index (χ1n) is 15.2. The predicted octanol–water partition coefficient (Wildman–Crippen LogP) is 3.35. The lowest BCUT2D eigenvalue weighted by atomic mass is 10.1. The minimum Gasteiger partial charge on any atom is -0.369 e. The number of amides is 1. The molecule has 1 saturated heterocycles. The third-order valence-electron chi connectivity index (χ3n) is 8.09. The molecule has 1 aliphatic rings. The molecule has 46 heavy (non-hydrogen) atoms. The number of non-ortho nitro benzene ring substituents is 1. The van der Waals surface area contributed by atoms with Gasteiger partial charge in [-0.3, -0.25) is 29.8 Å². The lowest BCUT2D eigenvalue weighted by molar-refractivity contribution is -0.384. The number of carbonyl (C=O) groups excluding carboxylic acids is 1. The highest BCUT2D eigenvalue weighted by Crippen LogP contribution is 2.22. The molecule has 4 heterocycles. The summed E-state index contributed by atoms with van der Waals surface area (Å²) < 4.78 is 0. The second kappa shape index (κ2) is 14.2. The van der Waals surface area contributed by atoms with Crippen molar-refractivity contribution < 1.29 is 9.72 Å². The van der Waals surface area contributed by atoms with Crippen molar-refractivity contribution in [2.45, 2.75) is 19.0 Å². The summed E-state index contributed by atoms with van der Waals surface area (Å²) in [6.45, 7) is 5.98. The fraction of sp³-hybridized carbons (Fsp3) is 0.273. The molecule has 3 aromatic heterocycles. The smallest absolute Gasteiger partial charge is 0.269 e. The maximum absolute atomic E-state index is 12.9. The fourth-order valence-corrected chi connectivity index (χ4v) is 5.56. The monoisotopic (exact) mass is 620 g/mol. The topological polar surface area (TPSA) is 171 Å². The van der Waals surface area contributed by atoms with Crippen LogP contribution in [0, 0.1) is 10.1 Å². The number of H-pyrrole nitrogens is 1. The normalized spacial score (nSPS) is 14.3. The Morgan fingerprint density at radius 3 is 2.61 bits per heavy atom. The molecule has 13 nitrogen and oxygen atoms in total. The van der Waals surface area contributed by atoms with E-state index in [1.807, 2.05) is 54.6 Å². The number of carbonyl (C=O) groups is 1. The van der Waals surface area contributed by atoms with Gasteiger partial charge in [0.05, 0.1) is 27.9 Å². The van der Waals surface area contributed by atoms with Gasteiger partial charge in [-0.15, -0.1) is 0 Å². The zero-order valence-corrected chi connectivity index (χ0v) is 25.3. The number of benzene rings is 2. The summed E-state index contributed by atoms with van der Waals surface area (Å²) in [6, 6.07) is 19.3. The van der Waals surface area contributed by atoms with Crippen LogP contribution in [0.15, 0.2) is 85.3 Å². The highest BCUT2D eigenvalue weighted by Gasteiger charge is 2.19. The Hall–Kier alpha value is -5.24. The minimum atomic E-state index is -0.769. The van der Waals surface area contributed by atoms with Gasteiger partial charge in [0, 0.05) is 105 Å². The van der Waals surface area contributed by atoms with Gasteiger partial charge in [0.1, 0.15) is 5.82 Å². The summed E-state index contributed by atoms with van der Waals surface area (Å²) in [5.41, 5.74) is 11.3. The fourth-order valence-electron chi connectivity index (χ4n) is 5.56. The zero-order chi connectivity index (χ0) is 31.9. The van der Waals surface area contributed by atoms with Gasteiger partial charge in [-0.1, -0.05) is 18.2 Å². The van der Waals surface area contributed by atoms with Gasteiger partial charge < -0.3 is 26.3 Å². The first-order valence-corrected chi connectivity index (χ1v) is 15.2. The Bertz CT molecular complexity index is 1800. The summed E-state index contributed by atoms with van der Waals surface area (Å²) in [5, 5.41) is 18.2. The van der Waals surface area contributed by atoms with E-state index in [0.29, 0.717) is 24.5 Å². The molecule has 0 aliphatic carbocycles. The number of piperazine rings is 1. The van der Waals surface area contributed by atoms with Crippen molar-refractivity contribution in [2.75, 3.05) is 49.5 Å². The Morgan fingerprint density at radius 2 is 1.80 bits per heavy atom. The zero-order valence-electron chi connectivity index (χ0n) is 25.3. The van der Waals surface area contributed by atoms with Gasteiger partial charge >= 0.3 is 0 Å². The number of hydrogen-bond donors (Lipinski definition) is 4. The van der Waals surface area contributed by atoms with Gasteiger partial charge in [-0.25, -0.2) is 4.98 Å². The van der Waals surface area contributed by atoms with Crippen LogP contribution in [-0.2, 0) is 17.8 Å². The third kappa shape index (κ3) is 7.51. The van der Waals surface area contributed by atoms with E-state index >= 15 is 0 Å². The number of para-hydroxylation sites is 1. The number of imidazole rings is 1. The van der Waals surface area contributed by atoms with Gasteiger partial charge in [0.25, 0.3) is 5.69 Å². The number of nitro groups is 1. The molecule has 0 radical (unpaired) electrons. The van der Waals surface area contributed by atoms with Crippen molar-refractivity contribution >= 4 is 33.9 Å². The number of nitrogens with two attached hydrogens (primary N) is 1. The lowest BCUT2D eigenvalue weighted by Gasteiger charge is -2.36. The second-order valence-electron chi connectivity index (χ2n) is 11.3. The number of anilines is 2. The number of nitro benzene ring substituents is 1. The van der Waals surface area contributed by atoms with E-state index in [-0.39, 0.29) is 16.5 Å². The van der Waals surface area contributed by atoms with Crippen LogP contribution >= 0.6 is 0 Å². The summed E-state index contributed by atoms with van der Waals surface area (Å²) in [6.07, 6.45) is 5.48. The average molecular weight is 621 g/mol. The number of aromatic nitrogens is 4. The van der Waals surface area contributed by atoms with E-state index in [9.17, 15) is 14.9 Å². The first kappa shape index (κ1) is 30.8. The number of nitrogens with zero attached hydrogens (tertiary/aromatic N) is 6. The molecule has 0 saturated carbocycles. The Labute approximate surface area is 266 Å². The molecule has 236 valence electrons. The number of nitrogens with one attached hydrogen (secondary N) is 3. The van der Waals surface area contributed by atoms with Gasteiger partial charge in [-0.2, -0.15) is 0 Å². The summed E-state index contributed by atoms with van der Waals surface area (Å²) in [7, 11) is 0. The van der Waals surface area contributed by atoms with Crippen molar-refractivity contribution in [3.8, 4) is 11.4 Å². The van der Waals surface area contributed by atoms with Gasteiger partial charge in [-0.05, 0) is 36.4 Å². The molecule has 1 aliphatic heterocycles. The van der Waals surface area contributed by atoms with E-state index < -0.39 is 6.04 Å². The molecule has 13 heteroatoms. The van der Waals surface area contributed by atoms with E-state index in [1.165, 1.54) is 0 Å². The molecule has 0 spiro atoms. The Kier molecular flexibility index (Phi) is 9.53.